The summed E-state index contributed by atoms with van der Waals surface area (Å²) in [7, 11) is 3.33. The molecule has 0 saturated carbocycles. The molecule has 15 nitrogen and oxygen atoms in total. The van der Waals surface area contributed by atoms with E-state index in [9.17, 15) is 24.0 Å². The van der Waals surface area contributed by atoms with Crippen LogP contribution >= 0.6 is 11.6 Å². The number of hydrogen-bond acceptors (Lipinski definition) is 8. The van der Waals surface area contributed by atoms with Gasteiger partial charge in [0.15, 0.2) is 5.82 Å². The lowest BCUT2D eigenvalue weighted by atomic mass is 9.93. The van der Waals surface area contributed by atoms with Crippen molar-refractivity contribution in [2.24, 2.45) is 5.92 Å². The maximum atomic E-state index is 16.6. The van der Waals surface area contributed by atoms with E-state index >= 15 is 4.39 Å². The van der Waals surface area contributed by atoms with Crippen LogP contribution in [0.5, 0.6) is 0 Å². The zero-order valence-corrected chi connectivity index (χ0v) is 38.0. The average molecular weight is 917 g/mol. The Morgan fingerprint density at radius 2 is 1.67 bits per heavy atom. The molecule has 66 heavy (non-hydrogen) atoms. The second kappa shape index (κ2) is 19.1. The molecule has 9 rings (SSSR count). The van der Waals surface area contributed by atoms with E-state index in [-0.39, 0.29) is 48.7 Å². The Morgan fingerprint density at radius 3 is 2.38 bits per heavy atom. The van der Waals surface area contributed by atoms with Crippen LogP contribution in [0.4, 0.5) is 20.6 Å². The molecular weight excluding hydrogens is 863 g/mol. The molecule has 3 aromatic carbocycles. The summed E-state index contributed by atoms with van der Waals surface area (Å²) in [6.45, 7) is 7.33. The zero-order valence-electron chi connectivity index (χ0n) is 37.3. The van der Waals surface area contributed by atoms with E-state index in [4.69, 9.17) is 11.6 Å². The average Bonchev–Trinajstić information content (AvgIpc) is 4.03. The number of aryl methyl sites for hydroxylation is 1. The lowest BCUT2D eigenvalue weighted by Crippen LogP contribution is -2.50. The van der Waals surface area contributed by atoms with Gasteiger partial charge in [-0.1, -0.05) is 29.8 Å². The summed E-state index contributed by atoms with van der Waals surface area (Å²) in [6, 6.07) is 18.2. The number of anilines is 2. The molecule has 0 radical (unpaired) electrons. The van der Waals surface area contributed by atoms with Gasteiger partial charge in [-0.2, -0.15) is 5.10 Å². The molecule has 17 heteroatoms. The molecule has 344 valence electrons. The molecule has 6 heterocycles. The standard InChI is InChI=1S/C49H54ClFN10O5/c1-55(2)48(65)41-29-39-37(28-38(45(51)46(39)53-41)35-5-3-17-59(31-35)44(63)15-21-60-18-4-16-52-60)33-6-9-36(10-7-33)57-25-23-56(24-26-57)30-32-12-19-58(20-13-32)47(64)34-8-11-40(50)42(27-34)61-22-14-43(62)54-49(61)66/h4-11,16,18,27-29,32,53H,3,12-15,17,19-26,30-31H2,1-2H3,(H,54,62,66). The number of piperazine rings is 1. The molecule has 3 fully saturated rings. The first kappa shape index (κ1) is 44.7. The zero-order chi connectivity index (χ0) is 46.1. The fourth-order valence-electron chi connectivity index (χ4n) is 9.60. The number of likely N-dealkylation sites (tertiary alicyclic amines) is 1. The third-order valence-corrected chi connectivity index (χ3v) is 13.6. The summed E-state index contributed by atoms with van der Waals surface area (Å²) < 4.78 is 18.4. The maximum Gasteiger partial charge on any atom is 0.328 e. The number of benzene rings is 3. The van der Waals surface area contributed by atoms with Crippen LogP contribution < -0.4 is 15.1 Å². The van der Waals surface area contributed by atoms with E-state index in [0.717, 1.165) is 68.0 Å². The van der Waals surface area contributed by atoms with Crippen molar-refractivity contribution < 1.29 is 28.4 Å². The lowest BCUT2D eigenvalue weighted by Gasteiger charge is -2.39. The molecule has 0 unspecified atom stereocenters. The van der Waals surface area contributed by atoms with Gasteiger partial charge in [0.05, 0.1) is 16.2 Å². The largest absolute Gasteiger partial charge is 0.369 e. The van der Waals surface area contributed by atoms with Crippen molar-refractivity contribution in [1.29, 1.82) is 0 Å². The lowest BCUT2D eigenvalue weighted by molar-refractivity contribution is -0.131. The summed E-state index contributed by atoms with van der Waals surface area (Å²) in [5.74, 6) is -0.678. The summed E-state index contributed by atoms with van der Waals surface area (Å²) in [4.78, 5) is 78.6. The minimum atomic E-state index is -0.544. The third kappa shape index (κ3) is 9.43. The summed E-state index contributed by atoms with van der Waals surface area (Å²) in [6.07, 6.45) is 8.39. The molecule has 2 aromatic heterocycles. The van der Waals surface area contributed by atoms with Gasteiger partial charge in [0.25, 0.3) is 11.8 Å². The molecule has 2 N–H and O–H groups in total. The van der Waals surface area contributed by atoms with Gasteiger partial charge in [-0.05, 0) is 90.4 Å². The maximum absolute atomic E-state index is 16.6. The van der Waals surface area contributed by atoms with Crippen LogP contribution in [-0.2, 0) is 16.1 Å². The van der Waals surface area contributed by atoms with Gasteiger partial charge in [0.1, 0.15) is 5.69 Å². The number of aromatic nitrogens is 3. The van der Waals surface area contributed by atoms with Crippen molar-refractivity contribution in [2.75, 3.05) is 89.3 Å². The Labute approximate surface area is 387 Å². The van der Waals surface area contributed by atoms with Crippen molar-refractivity contribution in [3.8, 4) is 11.1 Å². The molecule has 0 spiro atoms. The van der Waals surface area contributed by atoms with E-state index in [2.05, 4.69) is 49.5 Å². The van der Waals surface area contributed by atoms with E-state index in [1.54, 1.807) is 54.1 Å². The van der Waals surface area contributed by atoms with Gasteiger partial charge in [-0.25, -0.2) is 9.18 Å². The number of nitrogens with zero attached hydrogens (tertiary/aromatic N) is 8. The monoisotopic (exact) mass is 916 g/mol. The normalized spacial score (nSPS) is 17.6. The quantitative estimate of drug-likeness (QED) is 0.156. The molecule has 0 aliphatic carbocycles. The second-order valence-electron chi connectivity index (χ2n) is 17.8. The number of amides is 6. The topological polar surface area (TPSA) is 150 Å². The first-order chi connectivity index (χ1) is 31.9. The van der Waals surface area contributed by atoms with Crippen molar-refractivity contribution in [2.45, 2.75) is 38.6 Å². The predicted molar refractivity (Wildman–Crippen MR) is 252 cm³/mol. The highest BCUT2D eigenvalue weighted by atomic mass is 35.5. The number of urea groups is 1. The summed E-state index contributed by atoms with van der Waals surface area (Å²) in [5, 5.41) is 7.47. The van der Waals surface area contributed by atoms with E-state index in [0.29, 0.717) is 77.9 Å². The number of nitrogens with one attached hydrogen (secondary N) is 2. The molecule has 0 atom stereocenters. The van der Waals surface area contributed by atoms with Crippen LogP contribution in [0.25, 0.3) is 27.6 Å². The highest BCUT2D eigenvalue weighted by molar-refractivity contribution is 6.34. The second-order valence-corrected chi connectivity index (χ2v) is 18.2. The van der Waals surface area contributed by atoms with Crippen LogP contribution in [0.2, 0.25) is 5.02 Å². The number of H-pyrrole nitrogens is 1. The number of hydrogen-bond donors (Lipinski definition) is 2. The molecule has 6 amide bonds. The van der Waals surface area contributed by atoms with E-state index < -0.39 is 11.8 Å². The highest BCUT2D eigenvalue weighted by Crippen LogP contribution is 2.38. The Morgan fingerprint density at radius 1 is 0.894 bits per heavy atom. The smallest absolute Gasteiger partial charge is 0.328 e. The Hall–Kier alpha value is -6.52. The van der Waals surface area contributed by atoms with Gasteiger partial charge in [0, 0.05) is 134 Å². The fraction of sp³-hybridized carbons (Fsp3) is 0.388. The highest BCUT2D eigenvalue weighted by Gasteiger charge is 2.30. The van der Waals surface area contributed by atoms with Gasteiger partial charge < -0.3 is 24.6 Å². The first-order valence-corrected chi connectivity index (χ1v) is 23.1. The van der Waals surface area contributed by atoms with Crippen LogP contribution in [0.3, 0.4) is 0 Å². The number of imide groups is 1. The number of carbonyl (C=O) groups is 5. The third-order valence-electron chi connectivity index (χ3n) is 13.3. The van der Waals surface area contributed by atoms with Crippen LogP contribution in [-0.4, -0.2) is 144 Å². The number of piperidine rings is 1. The SMILES string of the molecule is CN(C)C(=O)c1cc2c(-c3ccc(N4CCN(CC5CCN(C(=O)c6ccc(Cl)c(N7CCC(=O)NC7=O)c6)CC5)CC4)cc3)cc(C3=CCCN(C(=O)CCn4cccn4)C3)c(F)c2[nH]1. The summed E-state index contributed by atoms with van der Waals surface area (Å²) in [5.41, 5.74) is 5.36. The number of aromatic amines is 1. The van der Waals surface area contributed by atoms with Crippen molar-refractivity contribution >= 4 is 69.1 Å². The Kier molecular flexibility index (Phi) is 13.0. The van der Waals surface area contributed by atoms with Crippen LogP contribution in [0.1, 0.15) is 58.5 Å². The van der Waals surface area contributed by atoms with Crippen LogP contribution in [0, 0.1) is 11.7 Å². The fourth-order valence-corrected chi connectivity index (χ4v) is 9.81. The predicted octanol–water partition coefficient (Wildman–Crippen LogP) is 6.35. The van der Waals surface area contributed by atoms with Crippen molar-refractivity contribution in [1.82, 2.24) is 39.7 Å². The molecular formula is C49H54ClFN10O5. The number of rotatable bonds is 11. The minimum Gasteiger partial charge on any atom is -0.369 e. The molecule has 3 saturated heterocycles. The van der Waals surface area contributed by atoms with E-state index in [1.807, 2.05) is 29.3 Å². The Balaban J connectivity index is 0.827. The molecule has 5 aromatic rings. The minimum absolute atomic E-state index is 0.0123. The van der Waals surface area contributed by atoms with Crippen LogP contribution in [0.15, 0.2) is 79.1 Å². The molecule has 0 bridgehead atoms. The van der Waals surface area contributed by atoms with Gasteiger partial charge >= 0.3 is 6.03 Å². The van der Waals surface area contributed by atoms with Crippen molar-refractivity contribution in [3.05, 3.63) is 107 Å². The van der Waals surface area contributed by atoms with Crippen molar-refractivity contribution in [3.63, 3.8) is 0 Å². The van der Waals surface area contributed by atoms with Gasteiger partial charge in [-0.15, -0.1) is 0 Å². The first-order valence-electron chi connectivity index (χ1n) is 22.7. The number of halogens is 2. The van der Waals surface area contributed by atoms with Gasteiger partial charge in [-0.3, -0.25) is 39.0 Å². The molecule has 4 aliphatic heterocycles. The number of carbonyl (C=O) groups excluding carboxylic acids is 5. The van der Waals surface area contributed by atoms with E-state index in [1.165, 1.54) is 9.80 Å². The van der Waals surface area contributed by atoms with Gasteiger partial charge in [0.2, 0.25) is 11.8 Å². The Bertz CT molecular complexity index is 2680. The number of fused-ring (bicyclic) bond motifs is 1. The molecule has 4 aliphatic rings. The summed E-state index contributed by atoms with van der Waals surface area (Å²) >= 11 is 6.43.